The highest BCUT2D eigenvalue weighted by Crippen LogP contribution is 2.25. The molecule has 1 atom stereocenters. The van der Waals surface area contributed by atoms with Crippen LogP contribution >= 0.6 is 38.9 Å². The van der Waals surface area contributed by atoms with E-state index in [4.69, 9.17) is 16.7 Å². The molecule has 0 radical (unpaired) electrons. The van der Waals surface area contributed by atoms with E-state index in [9.17, 15) is 4.79 Å². The van der Waals surface area contributed by atoms with Gasteiger partial charge in [-0.15, -0.1) is 11.3 Å². The quantitative estimate of drug-likeness (QED) is 0.784. The zero-order chi connectivity index (χ0) is 14.5. The molecule has 1 unspecified atom stereocenters. The average molecular weight is 375 g/mol. The number of nitrogens with one attached hydrogen (secondary N) is 1. The van der Waals surface area contributed by atoms with Gasteiger partial charge in [-0.05, 0) is 29.1 Å². The van der Waals surface area contributed by atoms with Crippen LogP contribution < -0.4 is 5.32 Å². The van der Waals surface area contributed by atoms with Crippen LogP contribution in [-0.2, 0) is 11.3 Å². The second-order valence-electron chi connectivity index (χ2n) is 4.28. The fourth-order valence-corrected chi connectivity index (χ4v) is 3.46. The first-order valence-electron chi connectivity index (χ1n) is 5.99. The number of hydrogen-bond donors (Lipinski definition) is 2. The fraction of sp³-hybridized carbons (Fsp3) is 0.214. The van der Waals surface area contributed by atoms with E-state index in [1.165, 1.54) is 0 Å². The fourth-order valence-electron chi connectivity index (χ4n) is 1.84. The number of thiophene rings is 1. The summed E-state index contributed by atoms with van der Waals surface area (Å²) in [6.45, 7) is 0.577. The lowest BCUT2D eigenvalue weighted by molar-refractivity contribution is -0.137. The van der Waals surface area contributed by atoms with Gasteiger partial charge in [0, 0.05) is 20.9 Å². The molecule has 0 aliphatic carbocycles. The average Bonchev–Trinajstić information content (AvgIpc) is 2.89. The first-order valence-corrected chi connectivity index (χ1v) is 8.04. The molecule has 2 aromatic rings. The predicted octanol–water partition coefficient (Wildman–Crippen LogP) is 4.47. The van der Waals surface area contributed by atoms with Crippen molar-refractivity contribution in [3.05, 3.63) is 55.6 Å². The minimum absolute atomic E-state index is 0.0612. The number of carboxylic acid groups (broad SMARTS) is 1. The van der Waals surface area contributed by atoms with Crippen LogP contribution in [-0.4, -0.2) is 11.1 Å². The molecule has 1 aromatic heterocycles. The van der Waals surface area contributed by atoms with Crippen LogP contribution in [0.5, 0.6) is 0 Å². The molecule has 106 valence electrons. The maximum Gasteiger partial charge on any atom is 0.305 e. The third-order valence-electron chi connectivity index (χ3n) is 2.82. The molecule has 0 spiro atoms. The molecule has 0 saturated heterocycles. The Morgan fingerprint density at radius 3 is 2.85 bits per heavy atom. The van der Waals surface area contributed by atoms with E-state index in [1.54, 1.807) is 11.3 Å². The lowest BCUT2D eigenvalue weighted by Gasteiger charge is -2.16. The van der Waals surface area contributed by atoms with Crippen molar-refractivity contribution in [3.63, 3.8) is 0 Å². The molecule has 1 heterocycles. The summed E-state index contributed by atoms with van der Waals surface area (Å²) in [5.74, 6) is -0.814. The SMILES string of the molecule is O=C(O)CC(NCc1ccc(Cl)cc1Br)c1cccs1. The van der Waals surface area contributed by atoms with Gasteiger partial charge >= 0.3 is 5.97 Å². The van der Waals surface area contributed by atoms with Gasteiger partial charge in [0.15, 0.2) is 0 Å². The van der Waals surface area contributed by atoms with Gasteiger partial charge in [-0.2, -0.15) is 0 Å². The van der Waals surface area contributed by atoms with Crippen molar-refractivity contribution in [1.29, 1.82) is 0 Å². The lowest BCUT2D eigenvalue weighted by atomic mass is 10.1. The van der Waals surface area contributed by atoms with Gasteiger partial charge < -0.3 is 10.4 Å². The van der Waals surface area contributed by atoms with Gasteiger partial charge in [0.1, 0.15) is 0 Å². The molecule has 1 aromatic carbocycles. The molecule has 2 rings (SSSR count). The first kappa shape index (κ1) is 15.5. The summed E-state index contributed by atoms with van der Waals surface area (Å²) >= 11 is 10.9. The van der Waals surface area contributed by atoms with Crippen molar-refractivity contribution in [2.45, 2.75) is 19.0 Å². The van der Waals surface area contributed by atoms with Crippen molar-refractivity contribution in [2.75, 3.05) is 0 Å². The Balaban J connectivity index is 2.07. The Morgan fingerprint density at radius 1 is 1.45 bits per heavy atom. The summed E-state index contributed by atoms with van der Waals surface area (Å²) in [7, 11) is 0. The minimum atomic E-state index is -0.814. The minimum Gasteiger partial charge on any atom is -0.481 e. The number of carbonyl (C=O) groups is 1. The monoisotopic (exact) mass is 373 g/mol. The number of hydrogen-bond acceptors (Lipinski definition) is 3. The zero-order valence-corrected chi connectivity index (χ0v) is 13.6. The highest BCUT2D eigenvalue weighted by molar-refractivity contribution is 9.10. The van der Waals surface area contributed by atoms with Crippen LogP contribution in [0.25, 0.3) is 0 Å². The summed E-state index contributed by atoms with van der Waals surface area (Å²) in [4.78, 5) is 12.0. The highest BCUT2D eigenvalue weighted by atomic mass is 79.9. The van der Waals surface area contributed by atoms with Crippen LogP contribution in [0.15, 0.2) is 40.2 Å². The van der Waals surface area contributed by atoms with Gasteiger partial charge in [0.2, 0.25) is 0 Å². The molecular weight excluding hydrogens is 362 g/mol. The smallest absolute Gasteiger partial charge is 0.305 e. The molecule has 0 aliphatic heterocycles. The Hall–Kier alpha value is -0.880. The van der Waals surface area contributed by atoms with Gasteiger partial charge in [-0.1, -0.05) is 39.7 Å². The normalized spacial score (nSPS) is 12.3. The molecule has 0 bridgehead atoms. The van der Waals surface area contributed by atoms with Crippen LogP contribution in [0, 0.1) is 0 Å². The molecule has 6 heteroatoms. The van der Waals surface area contributed by atoms with Gasteiger partial charge in [-0.25, -0.2) is 0 Å². The standard InChI is InChI=1S/C14H13BrClNO2S/c15-11-6-10(16)4-3-9(11)8-17-12(7-14(18)19)13-2-1-5-20-13/h1-6,12,17H,7-8H2,(H,18,19). The Labute approximate surface area is 134 Å². The second-order valence-corrected chi connectivity index (χ2v) is 6.55. The van der Waals surface area contributed by atoms with Gasteiger partial charge in [0.25, 0.3) is 0 Å². The molecule has 3 nitrogen and oxygen atoms in total. The van der Waals surface area contributed by atoms with Crippen LogP contribution in [0.4, 0.5) is 0 Å². The third-order valence-corrected chi connectivity index (χ3v) is 4.78. The van der Waals surface area contributed by atoms with Crippen LogP contribution in [0.3, 0.4) is 0 Å². The zero-order valence-electron chi connectivity index (χ0n) is 10.5. The molecule has 0 aliphatic rings. The summed E-state index contributed by atoms with van der Waals surface area (Å²) in [5, 5.41) is 14.9. The summed E-state index contributed by atoms with van der Waals surface area (Å²) in [5.41, 5.74) is 1.04. The van der Waals surface area contributed by atoms with Crippen molar-refractivity contribution in [1.82, 2.24) is 5.32 Å². The van der Waals surface area contributed by atoms with Crippen LogP contribution in [0.1, 0.15) is 22.9 Å². The van der Waals surface area contributed by atoms with E-state index < -0.39 is 5.97 Å². The maximum atomic E-state index is 11.0. The highest BCUT2D eigenvalue weighted by Gasteiger charge is 2.16. The molecule has 2 N–H and O–H groups in total. The number of benzene rings is 1. The summed E-state index contributed by atoms with van der Waals surface area (Å²) < 4.78 is 0.915. The van der Waals surface area contributed by atoms with Crippen molar-refractivity contribution < 1.29 is 9.90 Å². The topological polar surface area (TPSA) is 49.3 Å². The third kappa shape index (κ3) is 4.31. The Morgan fingerprint density at radius 2 is 2.25 bits per heavy atom. The summed E-state index contributed by atoms with van der Waals surface area (Å²) in [6.07, 6.45) is 0.0612. The number of carboxylic acids is 1. The van der Waals surface area contributed by atoms with Gasteiger partial charge in [-0.3, -0.25) is 4.79 Å². The number of aliphatic carboxylic acids is 1. The molecule has 0 saturated carbocycles. The van der Waals surface area contributed by atoms with Crippen molar-refractivity contribution in [2.24, 2.45) is 0 Å². The van der Waals surface area contributed by atoms with Gasteiger partial charge in [0.05, 0.1) is 12.5 Å². The number of rotatable bonds is 6. The first-order chi connectivity index (χ1) is 9.56. The predicted molar refractivity (Wildman–Crippen MR) is 85.3 cm³/mol. The van der Waals surface area contributed by atoms with E-state index >= 15 is 0 Å². The van der Waals surface area contributed by atoms with E-state index in [-0.39, 0.29) is 12.5 Å². The van der Waals surface area contributed by atoms with E-state index in [0.717, 1.165) is 14.9 Å². The molecular formula is C14H13BrClNO2S. The Bertz CT molecular complexity index is 589. The number of halogens is 2. The van der Waals surface area contributed by atoms with E-state index in [0.29, 0.717) is 11.6 Å². The van der Waals surface area contributed by atoms with Crippen molar-refractivity contribution >= 4 is 44.8 Å². The largest absolute Gasteiger partial charge is 0.481 e. The Kier molecular flexibility index (Phi) is 5.60. The van der Waals surface area contributed by atoms with E-state index in [1.807, 2.05) is 35.7 Å². The molecule has 20 heavy (non-hydrogen) atoms. The molecule has 0 amide bonds. The second kappa shape index (κ2) is 7.22. The van der Waals surface area contributed by atoms with Crippen molar-refractivity contribution in [3.8, 4) is 0 Å². The molecule has 0 fully saturated rings. The van der Waals surface area contributed by atoms with Crippen LogP contribution in [0.2, 0.25) is 5.02 Å². The lowest BCUT2D eigenvalue weighted by Crippen LogP contribution is -2.23. The van der Waals surface area contributed by atoms with E-state index in [2.05, 4.69) is 21.2 Å². The summed E-state index contributed by atoms with van der Waals surface area (Å²) in [6, 6.07) is 9.26. The maximum absolute atomic E-state index is 11.0.